The summed E-state index contributed by atoms with van der Waals surface area (Å²) in [7, 11) is -0.604. The number of nitrogens with zero attached hydrogens (tertiary/aromatic N) is 1. The second-order valence-corrected chi connectivity index (χ2v) is 8.80. The number of aromatic nitrogens is 1. The van der Waals surface area contributed by atoms with E-state index in [4.69, 9.17) is 9.05 Å². The normalized spacial score (nSPS) is 13.4. The Morgan fingerprint density at radius 1 is 1.43 bits per heavy atom. The van der Waals surface area contributed by atoms with Crippen LogP contribution in [0.5, 0.6) is 0 Å². The van der Waals surface area contributed by atoms with Crippen LogP contribution < -0.4 is 0 Å². The van der Waals surface area contributed by atoms with Gasteiger partial charge in [0, 0.05) is 48.0 Å². The average molecular weight is 449 g/mol. The van der Waals surface area contributed by atoms with Gasteiger partial charge < -0.3 is 18.7 Å². The molecule has 1 aromatic heterocycles. The molecule has 0 saturated heterocycles. The van der Waals surface area contributed by atoms with Crippen LogP contribution in [0.15, 0.2) is 37.1 Å². The van der Waals surface area contributed by atoms with Gasteiger partial charge in [0.25, 0.3) is 0 Å². The molecule has 1 heterocycles. The molecule has 23 heavy (non-hydrogen) atoms. The van der Waals surface area contributed by atoms with Crippen LogP contribution in [0.2, 0.25) is 0 Å². The SMILES string of the molecule is C=CCn1cc([C@@H](CCO)P(=O)(OC)OC)c2cc(I)ccc21. The zero-order valence-corrected chi connectivity index (χ0v) is 16.3. The topological polar surface area (TPSA) is 60.7 Å². The molecule has 0 spiro atoms. The minimum atomic E-state index is -3.36. The van der Waals surface area contributed by atoms with Crippen LogP contribution in [0.25, 0.3) is 10.9 Å². The first-order valence-corrected chi connectivity index (χ1v) is 9.91. The molecule has 2 rings (SSSR count). The molecule has 0 amide bonds. The Morgan fingerprint density at radius 3 is 2.70 bits per heavy atom. The van der Waals surface area contributed by atoms with Crippen molar-refractivity contribution in [3.63, 3.8) is 0 Å². The van der Waals surface area contributed by atoms with Gasteiger partial charge in [0.1, 0.15) is 0 Å². The Kier molecular flexibility index (Phi) is 6.45. The molecule has 7 heteroatoms. The third-order valence-corrected chi connectivity index (χ3v) is 6.84. The number of aliphatic hydroxyl groups excluding tert-OH is 1. The van der Waals surface area contributed by atoms with Crippen molar-refractivity contribution in [2.24, 2.45) is 0 Å². The van der Waals surface area contributed by atoms with Crippen molar-refractivity contribution in [2.45, 2.75) is 18.6 Å². The van der Waals surface area contributed by atoms with Gasteiger partial charge in [0.2, 0.25) is 0 Å². The number of fused-ring (bicyclic) bond motifs is 1. The number of allylic oxidation sites excluding steroid dienone is 1. The van der Waals surface area contributed by atoms with E-state index < -0.39 is 13.3 Å². The molecule has 126 valence electrons. The molecular formula is C16H21INO4P. The average Bonchev–Trinajstić information content (AvgIpc) is 2.89. The lowest BCUT2D eigenvalue weighted by Crippen LogP contribution is -2.06. The lowest BCUT2D eigenvalue weighted by atomic mass is 10.1. The van der Waals surface area contributed by atoms with Crippen LogP contribution in [0.3, 0.4) is 0 Å². The van der Waals surface area contributed by atoms with Gasteiger partial charge in [-0.15, -0.1) is 6.58 Å². The summed E-state index contributed by atoms with van der Waals surface area (Å²) in [6.07, 6.45) is 4.07. The van der Waals surface area contributed by atoms with Crippen LogP contribution in [-0.4, -0.2) is 30.5 Å². The van der Waals surface area contributed by atoms with Crippen molar-refractivity contribution in [2.75, 3.05) is 20.8 Å². The summed E-state index contributed by atoms with van der Waals surface area (Å²) in [5.41, 5.74) is 1.37. The largest absolute Gasteiger partial charge is 0.396 e. The first-order valence-electron chi connectivity index (χ1n) is 7.22. The molecular weight excluding hydrogens is 428 g/mol. The van der Waals surface area contributed by atoms with Crippen LogP contribution in [0, 0.1) is 3.57 Å². The number of hydrogen-bond acceptors (Lipinski definition) is 4. The van der Waals surface area contributed by atoms with E-state index in [-0.39, 0.29) is 6.61 Å². The summed E-state index contributed by atoms with van der Waals surface area (Å²) >= 11 is 2.25. The molecule has 1 atom stereocenters. The summed E-state index contributed by atoms with van der Waals surface area (Å²) in [4.78, 5) is 0. The second kappa shape index (κ2) is 7.94. The van der Waals surface area contributed by atoms with Crippen molar-refractivity contribution in [3.05, 3.63) is 46.2 Å². The molecule has 0 aliphatic rings. The van der Waals surface area contributed by atoms with E-state index in [0.717, 1.165) is 20.0 Å². The minimum Gasteiger partial charge on any atom is -0.396 e. The molecule has 1 aromatic carbocycles. The number of benzene rings is 1. The zero-order valence-electron chi connectivity index (χ0n) is 13.2. The Hall–Kier alpha value is -0.660. The minimum absolute atomic E-state index is 0.0978. The summed E-state index contributed by atoms with van der Waals surface area (Å²) in [6, 6.07) is 6.11. The van der Waals surface area contributed by atoms with Gasteiger partial charge in [-0.1, -0.05) is 6.08 Å². The van der Waals surface area contributed by atoms with Gasteiger partial charge >= 0.3 is 7.60 Å². The molecule has 2 aromatic rings. The highest BCUT2D eigenvalue weighted by molar-refractivity contribution is 14.1. The van der Waals surface area contributed by atoms with E-state index in [1.165, 1.54) is 14.2 Å². The van der Waals surface area contributed by atoms with Crippen molar-refractivity contribution in [1.82, 2.24) is 4.57 Å². The second-order valence-electron chi connectivity index (χ2n) is 5.12. The monoisotopic (exact) mass is 449 g/mol. The maximum absolute atomic E-state index is 13.0. The fraction of sp³-hybridized carbons (Fsp3) is 0.375. The molecule has 0 fully saturated rings. The highest BCUT2D eigenvalue weighted by Gasteiger charge is 2.36. The van der Waals surface area contributed by atoms with E-state index in [0.29, 0.717) is 13.0 Å². The smallest absolute Gasteiger partial charge is 0.337 e. The Bertz CT molecular complexity index is 735. The van der Waals surface area contributed by atoms with Crippen LogP contribution in [0.1, 0.15) is 17.6 Å². The molecule has 0 aliphatic carbocycles. The predicted octanol–water partition coefficient (Wildman–Crippen LogP) is 4.34. The lowest BCUT2D eigenvalue weighted by molar-refractivity contribution is 0.244. The van der Waals surface area contributed by atoms with Gasteiger partial charge in [0.15, 0.2) is 0 Å². The van der Waals surface area contributed by atoms with Gasteiger partial charge in [-0.25, -0.2) is 0 Å². The molecule has 0 radical (unpaired) electrons. The molecule has 0 bridgehead atoms. The summed E-state index contributed by atoms with van der Waals surface area (Å²) in [6.45, 7) is 4.33. The van der Waals surface area contributed by atoms with E-state index in [9.17, 15) is 9.67 Å². The summed E-state index contributed by atoms with van der Waals surface area (Å²) in [5.74, 6) is 0. The van der Waals surface area contributed by atoms with Crippen molar-refractivity contribution < 1.29 is 18.7 Å². The third-order valence-electron chi connectivity index (χ3n) is 3.85. The molecule has 5 nitrogen and oxygen atoms in total. The third kappa shape index (κ3) is 3.72. The Morgan fingerprint density at radius 2 is 2.13 bits per heavy atom. The maximum Gasteiger partial charge on any atom is 0.337 e. The van der Waals surface area contributed by atoms with Gasteiger partial charge in [-0.3, -0.25) is 4.57 Å². The number of rotatable bonds is 8. The first-order chi connectivity index (χ1) is 11.0. The van der Waals surface area contributed by atoms with Crippen molar-refractivity contribution >= 4 is 41.1 Å². The molecule has 0 aliphatic heterocycles. The first kappa shape index (κ1) is 18.7. The van der Waals surface area contributed by atoms with E-state index >= 15 is 0 Å². The highest BCUT2D eigenvalue weighted by atomic mass is 127. The maximum atomic E-state index is 13.0. The van der Waals surface area contributed by atoms with E-state index in [2.05, 4.69) is 29.2 Å². The van der Waals surface area contributed by atoms with Crippen molar-refractivity contribution in [1.29, 1.82) is 0 Å². The van der Waals surface area contributed by atoms with Crippen molar-refractivity contribution in [3.8, 4) is 0 Å². The van der Waals surface area contributed by atoms with Crippen LogP contribution in [0.4, 0.5) is 0 Å². The van der Waals surface area contributed by atoms with E-state index in [1.807, 2.05) is 35.0 Å². The fourth-order valence-electron chi connectivity index (χ4n) is 2.79. The Labute approximate surface area is 150 Å². The number of halogens is 1. The van der Waals surface area contributed by atoms with Gasteiger partial charge in [-0.05, 0) is 52.8 Å². The lowest BCUT2D eigenvalue weighted by Gasteiger charge is -2.23. The number of hydrogen-bond donors (Lipinski definition) is 1. The Balaban J connectivity index is 2.69. The van der Waals surface area contributed by atoms with Gasteiger partial charge in [-0.2, -0.15) is 0 Å². The van der Waals surface area contributed by atoms with Crippen LogP contribution in [-0.2, 0) is 20.2 Å². The van der Waals surface area contributed by atoms with E-state index in [1.54, 1.807) is 0 Å². The molecule has 0 unspecified atom stereocenters. The summed E-state index contributed by atoms with van der Waals surface area (Å²) in [5, 5.41) is 10.4. The summed E-state index contributed by atoms with van der Waals surface area (Å²) < 4.78 is 26.5. The fourth-order valence-corrected chi connectivity index (χ4v) is 4.92. The molecule has 0 saturated carbocycles. The van der Waals surface area contributed by atoms with Crippen LogP contribution >= 0.6 is 30.2 Å². The predicted molar refractivity (Wildman–Crippen MR) is 101 cm³/mol. The zero-order chi connectivity index (χ0) is 17.0. The molecule has 1 N–H and O–H groups in total. The number of aliphatic hydroxyl groups is 1. The van der Waals surface area contributed by atoms with Gasteiger partial charge in [0.05, 0.1) is 5.66 Å². The highest BCUT2D eigenvalue weighted by Crippen LogP contribution is 2.62. The standard InChI is InChI=1S/C16H21INO4P/c1-4-8-18-11-14(13-10-12(17)5-6-15(13)18)16(7-9-19)23(20,21-2)22-3/h4-6,10-11,16,19H,1,7-9H2,2-3H3/t16-/m1/s1. The quantitative estimate of drug-likeness (QED) is 0.370.